The number of halogens is 1. The van der Waals surface area contributed by atoms with Gasteiger partial charge in [0.05, 0.1) is 0 Å². The molecule has 0 aliphatic rings. The molecule has 0 spiro atoms. The molecule has 0 bridgehead atoms. The summed E-state index contributed by atoms with van der Waals surface area (Å²) < 4.78 is 6.00. The average molecular weight is 304 g/mol. The van der Waals surface area contributed by atoms with Crippen LogP contribution in [0, 0.1) is 6.92 Å². The molecule has 0 aliphatic heterocycles. The van der Waals surface area contributed by atoms with Crippen molar-refractivity contribution in [1.82, 2.24) is 0 Å². The summed E-state index contributed by atoms with van der Waals surface area (Å²) in [6.07, 6.45) is 0.779. The van der Waals surface area contributed by atoms with Gasteiger partial charge in [0.15, 0.2) is 0 Å². The zero-order chi connectivity index (χ0) is 15.4. The fourth-order valence-electron chi connectivity index (χ4n) is 2.16. The first-order valence-electron chi connectivity index (χ1n) is 7.28. The van der Waals surface area contributed by atoms with E-state index in [-0.39, 0.29) is 0 Å². The summed E-state index contributed by atoms with van der Waals surface area (Å²) in [5.41, 5.74) is 9.00. The minimum absolute atomic E-state index is 0.475. The van der Waals surface area contributed by atoms with Gasteiger partial charge in [-0.3, -0.25) is 0 Å². The summed E-state index contributed by atoms with van der Waals surface area (Å²) in [5, 5.41) is 0.704. The molecule has 2 aromatic rings. The Morgan fingerprint density at radius 1 is 1.14 bits per heavy atom. The van der Waals surface area contributed by atoms with Gasteiger partial charge >= 0.3 is 0 Å². The van der Waals surface area contributed by atoms with E-state index in [0.29, 0.717) is 17.5 Å². The average Bonchev–Trinajstić information content (AvgIpc) is 2.44. The Hall–Kier alpha value is -1.51. The Kier molecular flexibility index (Phi) is 5.27. The SMILES string of the molecule is Cc1ccc(C(C)C)cc1Oc1ccc(CCN)c(Cl)c1. The molecule has 0 fully saturated rings. The van der Waals surface area contributed by atoms with Gasteiger partial charge in [0.2, 0.25) is 0 Å². The molecule has 0 unspecified atom stereocenters. The largest absolute Gasteiger partial charge is 0.457 e. The first-order valence-corrected chi connectivity index (χ1v) is 7.66. The summed E-state index contributed by atoms with van der Waals surface area (Å²) in [5.74, 6) is 2.11. The van der Waals surface area contributed by atoms with Crippen LogP contribution in [0.3, 0.4) is 0 Å². The Labute approximate surface area is 131 Å². The maximum Gasteiger partial charge on any atom is 0.130 e. The topological polar surface area (TPSA) is 35.2 Å². The summed E-state index contributed by atoms with van der Waals surface area (Å²) in [6, 6.07) is 12.1. The van der Waals surface area contributed by atoms with E-state index in [1.54, 1.807) is 0 Å². The summed E-state index contributed by atoms with van der Waals surface area (Å²) in [7, 11) is 0. The van der Waals surface area contributed by atoms with Crippen molar-refractivity contribution in [2.45, 2.75) is 33.1 Å². The molecule has 2 N–H and O–H groups in total. The van der Waals surface area contributed by atoms with Crippen molar-refractivity contribution in [3.05, 3.63) is 58.1 Å². The van der Waals surface area contributed by atoms with Gasteiger partial charge in [-0.2, -0.15) is 0 Å². The highest BCUT2D eigenvalue weighted by atomic mass is 35.5. The van der Waals surface area contributed by atoms with E-state index < -0.39 is 0 Å². The van der Waals surface area contributed by atoms with E-state index in [4.69, 9.17) is 22.1 Å². The minimum atomic E-state index is 0.475. The van der Waals surface area contributed by atoms with Gasteiger partial charge in [0.1, 0.15) is 11.5 Å². The zero-order valence-corrected chi connectivity index (χ0v) is 13.6. The Morgan fingerprint density at radius 2 is 1.90 bits per heavy atom. The smallest absolute Gasteiger partial charge is 0.130 e. The van der Waals surface area contributed by atoms with Gasteiger partial charge in [-0.05, 0) is 60.7 Å². The van der Waals surface area contributed by atoms with Crippen LogP contribution in [0.5, 0.6) is 11.5 Å². The maximum atomic E-state index is 6.26. The third kappa shape index (κ3) is 3.99. The molecule has 3 heteroatoms. The van der Waals surface area contributed by atoms with Crippen molar-refractivity contribution < 1.29 is 4.74 Å². The lowest BCUT2D eigenvalue weighted by atomic mass is 10.0. The Morgan fingerprint density at radius 3 is 2.52 bits per heavy atom. The van der Waals surface area contributed by atoms with E-state index in [0.717, 1.165) is 29.0 Å². The maximum absolute atomic E-state index is 6.26. The monoisotopic (exact) mass is 303 g/mol. The molecule has 0 aliphatic carbocycles. The van der Waals surface area contributed by atoms with Gasteiger partial charge in [-0.1, -0.05) is 43.6 Å². The number of hydrogen-bond acceptors (Lipinski definition) is 2. The molecule has 21 heavy (non-hydrogen) atoms. The van der Waals surface area contributed by atoms with Crippen LogP contribution in [0.15, 0.2) is 36.4 Å². The molecule has 0 amide bonds. The normalized spacial score (nSPS) is 11.0. The third-order valence-corrected chi connectivity index (χ3v) is 3.90. The van der Waals surface area contributed by atoms with Crippen molar-refractivity contribution in [3.63, 3.8) is 0 Å². The standard InChI is InChI=1S/C18H22ClNO/c1-12(2)15-5-4-13(3)18(10-15)21-16-7-6-14(8-9-20)17(19)11-16/h4-7,10-12H,8-9,20H2,1-3H3. The number of hydrogen-bond donors (Lipinski definition) is 1. The zero-order valence-electron chi connectivity index (χ0n) is 12.8. The lowest BCUT2D eigenvalue weighted by Gasteiger charge is -2.13. The predicted octanol–water partition coefficient (Wildman–Crippen LogP) is 5.07. The van der Waals surface area contributed by atoms with Crippen molar-refractivity contribution in [2.75, 3.05) is 6.54 Å². The van der Waals surface area contributed by atoms with Crippen molar-refractivity contribution in [2.24, 2.45) is 5.73 Å². The van der Waals surface area contributed by atoms with Crippen LogP contribution in [0.25, 0.3) is 0 Å². The highest BCUT2D eigenvalue weighted by Crippen LogP contribution is 2.31. The molecular formula is C18H22ClNO. The van der Waals surface area contributed by atoms with Crippen LogP contribution < -0.4 is 10.5 Å². The first-order chi connectivity index (χ1) is 10.0. The molecule has 0 heterocycles. The van der Waals surface area contributed by atoms with Crippen molar-refractivity contribution in [1.29, 1.82) is 0 Å². The first kappa shape index (κ1) is 15.9. The lowest BCUT2D eigenvalue weighted by molar-refractivity contribution is 0.477. The molecule has 0 saturated heterocycles. The van der Waals surface area contributed by atoms with Gasteiger partial charge in [-0.25, -0.2) is 0 Å². The fraction of sp³-hybridized carbons (Fsp3) is 0.333. The number of ether oxygens (including phenoxy) is 1. The number of benzene rings is 2. The minimum Gasteiger partial charge on any atom is -0.457 e. The molecule has 2 aromatic carbocycles. The van der Waals surface area contributed by atoms with Crippen molar-refractivity contribution in [3.8, 4) is 11.5 Å². The molecule has 112 valence electrons. The van der Waals surface area contributed by atoms with Crippen molar-refractivity contribution >= 4 is 11.6 Å². The van der Waals surface area contributed by atoms with Crippen LogP contribution >= 0.6 is 11.6 Å². The van der Waals surface area contributed by atoms with Crippen LogP contribution in [-0.4, -0.2) is 6.54 Å². The van der Waals surface area contributed by atoms with E-state index in [9.17, 15) is 0 Å². The summed E-state index contributed by atoms with van der Waals surface area (Å²) in [4.78, 5) is 0. The highest BCUT2D eigenvalue weighted by molar-refractivity contribution is 6.31. The van der Waals surface area contributed by atoms with Crippen LogP contribution in [0.1, 0.15) is 36.5 Å². The third-order valence-electron chi connectivity index (χ3n) is 3.54. The summed E-state index contributed by atoms with van der Waals surface area (Å²) >= 11 is 6.26. The molecule has 2 nitrogen and oxygen atoms in total. The second-order valence-corrected chi connectivity index (χ2v) is 5.98. The van der Waals surface area contributed by atoms with Crippen LogP contribution in [-0.2, 0) is 6.42 Å². The molecule has 0 saturated carbocycles. The van der Waals surface area contributed by atoms with Gasteiger partial charge in [0.25, 0.3) is 0 Å². The quantitative estimate of drug-likeness (QED) is 0.837. The Balaban J connectivity index is 2.25. The van der Waals surface area contributed by atoms with E-state index >= 15 is 0 Å². The van der Waals surface area contributed by atoms with Gasteiger partial charge in [-0.15, -0.1) is 0 Å². The molecule has 0 atom stereocenters. The number of rotatable bonds is 5. The molecule has 0 radical (unpaired) electrons. The van der Waals surface area contributed by atoms with Gasteiger partial charge in [0, 0.05) is 5.02 Å². The van der Waals surface area contributed by atoms with Crippen LogP contribution in [0.4, 0.5) is 0 Å². The fourth-order valence-corrected chi connectivity index (χ4v) is 2.43. The summed E-state index contributed by atoms with van der Waals surface area (Å²) in [6.45, 7) is 6.99. The number of aryl methyl sites for hydroxylation is 1. The molecule has 0 aromatic heterocycles. The van der Waals surface area contributed by atoms with E-state index in [1.165, 1.54) is 5.56 Å². The van der Waals surface area contributed by atoms with E-state index in [2.05, 4.69) is 32.0 Å². The lowest BCUT2D eigenvalue weighted by Crippen LogP contribution is -2.03. The molecule has 2 rings (SSSR count). The number of nitrogens with two attached hydrogens (primary N) is 1. The van der Waals surface area contributed by atoms with E-state index in [1.807, 2.05) is 25.1 Å². The molecular weight excluding hydrogens is 282 g/mol. The predicted molar refractivity (Wildman–Crippen MR) is 89.6 cm³/mol. The second-order valence-electron chi connectivity index (χ2n) is 5.57. The highest BCUT2D eigenvalue weighted by Gasteiger charge is 2.07. The van der Waals surface area contributed by atoms with Gasteiger partial charge < -0.3 is 10.5 Å². The second kappa shape index (κ2) is 6.97. The van der Waals surface area contributed by atoms with Crippen LogP contribution in [0.2, 0.25) is 5.02 Å². The Bertz CT molecular complexity index is 623.